The van der Waals surface area contributed by atoms with Gasteiger partial charge in [-0.25, -0.2) is 0 Å². The minimum Gasteiger partial charge on any atom is -0.360 e. The number of aromatic nitrogens is 2. The molecule has 146 valence electrons. The zero-order valence-corrected chi connectivity index (χ0v) is 16.8. The molecule has 0 saturated carbocycles. The van der Waals surface area contributed by atoms with Gasteiger partial charge in [0, 0.05) is 43.0 Å². The summed E-state index contributed by atoms with van der Waals surface area (Å²) in [5, 5.41) is 4.72. The number of likely N-dealkylation sites (tertiary alicyclic amines) is 1. The van der Waals surface area contributed by atoms with Crippen molar-refractivity contribution in [3.8, 4) is 0 Å². The van der Waals surface area contributed by atoms with Crippen LogP contribution < -0.4 is 5.32 Å². The summed E-state index contributed by atoms with van der Waals surface area (Å²) in [4.78, 5) is 22.3. The van der Waals surface area contributed by atoms with Gasteiger partial charge in [0.05, 0.1) is 18.1 Å². The molecule has 2 aromatic heterocycles. The van der Waals surface area contributed by atoms with Crippen molar-refractivity contribution in [2.24, 2.45) is 0 Å². The zero-order chi connectivity index (χ0) is 19.7. The molecule has 5 heteroatoms. The van der Waals surface area contributed by atoms with Crippen molar-refractivity contribution in [3.05, 3.63) is 65.1 Å². The smallest absolute Gasteiger partial charge is 0.227 e. The van der Waals surface area contributed by atoms with E-state index in [0.717, 1.165) is 36.0 Å². The van der Waals surface area contributed by atoms with E-state index in [1.165, 1.54) is 16.7 Å². The van der Waals surface area contributed by atoms with Crippen molar-refractivity contribution in [2.45, 2.75) is 52.2 Å². The number of pyridine rings is 1. The molecule has 1 amide bonds. The maximum absolute atomic E-state index is 12.9. The Morgan fingerprint density at radius 1 is 1.29 bits per heavy atom. The Balaban J connectivity index is 1.36. The highest BCUT2D eigenvalue weighted by Crippen LogP contribution is 2.22. The summed E-state index contributed by atoms with van der Waals surface area (Å²) in [6.07, 6.45) is 6.93. The van der Waals surface area contributed by atoms with Gasteiger partial charge in [0.1, 0.15) is 0 Å². The number of nitrogens with one attached hydrogen (secondary N) is 2. The molecular weight excluding hydrogens is 348 g/mol. The first kappa shape index (κ1) is 18.7. The lowest BCUT2D eigenvalue weighted by atomic mass is 10.1. The number of hydrogen-bond acceptors (Lipinski definition) is 3. The van der Waals surface area contributed by atoms with Crippen LogP contribution in [0.5, 0.6) is 0 Å². The largest absolute Gasteiger partial charge is 0.360 e. The van der Waals surface area contributed by atoms with E-state index in [1.807, 2.05) is 17.2 Å². The second kappa shape index (κ2) is 7.76. The number of aryl methyl sites for hydroxylation is 2. The topological polar surface area (TPSA) is 61.0 Å². The fourth-order valence-corrected chi connectivity index (χ4v) is 4.14. The van der Waals surface area contributed by atoms with Crippen molar-refractivity contribution >= 4 is 16.8 Å². The third-order valence-electron chi connectivity index (χ3n) is 5.97. The average molecular weight is 377 g/mol. The molecule has 1 aliphatic rings. The maximum atomic E-state index is 12.9. The predicted octanol–water partition coefficient (Wildman–Crippen LogP) is 3.50. The fraction of sp³-hybridized carbons (Fsp3) is 0.391. The highest BCUT2D eigenvalue weighted by Gasteiger charge is 2.32. The number of rotatable bonds is 5. The maximum Gasteiger partial charge on any atom is 0.227 e. The van der Waals surface area contributed by atoms with E-state index in [9.17, 15) is 4.79 Å². The fourth-order valence-electron chi connectivity index (χ4n) is 4.14. The second-order valence-electron chi connectivity index (χ2n) is 8.04. The summed E-state index contributed by atoms with van der Waals surface area (Å²) < 4.78 is 0. The minimum absolute atomic E-state index is 0.195. The quantitative estimate of drug-likeness (QED) is 0.716. The molecule has 5 nitrogen and oxygen atoms in total. The Bertz CT molecular complexity index is 993. The Hall–Kier alpha value is -2.66. The highest BCUT2D eigenvalue weighted by molar-refractivity contribution is 5.88. The van der Waals surface area contributed by atoms with Gasteiger partial charge in [-0.15, -0.1) is 0 Å². The summed E-state index contributed by atoms with van der Waals surface area (Å²) in [6.45, 7) is 8.05. The van der Waals surface area contributed by atoms with E-state index in [-0.39, 0.29) is 11.9 Å². The Morgan fingerprint density at radius 3 is 2.96 bits per heavy atom. The standard InChI is InChI=1S/C23H28N4O/c1-15-4-5-18(8-16(15)2)11-25-20-9-17(3)27(14-20)23(28)10-19-12-26-22-13-24-7-6-21(19)22/h4-8,12-13,17,20,25-26H,9-11,14H2,1-3H3. The number of fused-ring (bicyclic) bond motifs is 1. The first-order valence-corrected chi connectivity index (χ1v) is 10.00. The molecule has 3 aromatic rings. The first-order valence-electron chi connectivity index (χ1n) is 10.00. The van der Waals surface area contributed by atoms with Crippen molar-refractivity contribution in [2.75, 3.05) is 6.54 Å². The molecule has 2 N–H and O–H groups in total. The van der Waals surface area contributed by atoms with E-state index < -0.39 is 0 Å². The molecule has 0 bridgehead atoms. The minimum atomic E-state index is 0.195. The number of amides is 1. The van der Waals surface area contributed by atoms with Gasteiger partial charge < -0.3 is 15.2 Å². The molecule has 2 atom stereocenters. The van der Waals surface area contributed by atoms with Gasteiger partial charge in [0.25, 0.3) is 0 Å². The van der Waals surface area contributed by atoms with Gasteiger partial charge in [-0.3, -0.25) is 9.78 Å². The molecule has 4 rings (SSSR count). The van der Waals surface area contributed by atoms with E-state index in [2.05, 4.69) is 54.3 Å². The van der Waals surface area contributed by atoms with Crippen molar-refractivity contribution in [1.29, 1.82) is 0 Å². The van der Waals surface area contributed by atoms with Gasteiger partial charge in [0.2, 0.25) is 5.91 Å². The second-order valence-corrected chi connectivity index (χ2v) is 8.04. The van der Waals surface area contributed by atoms with Crippen molar-refractivity contribution in [3.63, 3.8) is 0 Å². The molecule has 1 saturated heterocycles. The number of carbonyl (C=O) groups is 1. The van der Waals surface area contributed by atoms with Gasteiger partial charge in [-0.1, -0.05) is 18.2 Å². The monoisotopic (exact) mass is 376 g/mol. The van der Waals surface area contributed by atoms with E-state index in [1.54, 1.807) is 12.4 Å². The molecule has 1 fully saturated rings. The zero-order valence-electron chi connectivity index (χ0n) is 16.8. The van der Waals surface area contributed by atoms with Crippen LogP contribution in [0.2, 0.25) is 0 Å². The van der Waals surface area contributed by atoms with Crippen molar-refractivity contribution in [1.82, 2.24) is 20.2 Å². The molecule has 0 spiro atoms. The Labute approximate surface area is 166 Å². The number of nitrogens with zero attached hydrogens (tertiary/aromatic N) is 2. The molecule has 28 heavy (non-hydrogen) atoms. The van der Waals surface area contributed by atoms with Crippen LogP contribution in [-0.4, -0.2) is 39.4 Å². The molecule has 1 aromatic carbocycles. The van der Waals surface area contributed by atoms with Crippen LogP contribution in [0.3, 0.4) is 0 Å². The molecule has 1 aliphatic heterocycles. The van der Waals surface area contributed by atoms with Crippen LogP contribution in [0, 0.1) is 13.8 Å². The third kappa shape index (κ3) is 3.80. The molecule has 2 unspecified atom stereocenters. The lowest BCUT2D eigenvalue weighted by molar-refractivity contribution is -0.131. The lowest BCUT2D eigenvalue weighted by Gasteiger charge is -2.21. The van der Waals surface area contributed by atoms with Gasteiger partial charge in [-0.2, -0.15) is 0 Å². The molecule has 3 heterocycles. The number of benzene rings is 1. The van der Waals surface area contributed by atoms with E-state index in [0.29, 0.717) is 12.5 Å². The van der Waals surface area contributed by atoms with Crippen LogP contribution in [0.1, 0.15) is 35.6 Å². The summed E-state index contributed by atoms with van der Waals surface area (Å²) in [5.41, 5.74) is 5.97. The molecule has 0 aliphatic carbocycles. The van der Waals surface area contributed by atoms with Crippen LogP contribution in [0.4, 0.5) is 0 Å². The average Bonchev–Trinajstić information content (AvgIpc) is 3.26. The summed E-state index contributed by atoms with van der Waals surface area (Å²) >= 11 is 0. The van der Waals surface area contributed by atoms with Crippen LogP contribution >= 0.6 is 0 Å². The Kier molecular flexibility index (Phi) is 5.18. The van der Waals surface area contributed by atoms with Gasteiger partial charge >= 0.3 is 0 Å². The predicted molar refractivity (Wildman–Crippen MR) is 112 cm³/mol. The number of carbonyl (C=O) groups excluding carboxylic acids is 1. The Morgan fingerprint density at radius 2 is 2.14 bits per heavy atom. The number of aromatic amines is 1. The van der Waals surface area contributed by atoms with Crippen LogP contribution in [0.25, 0.3) is 10.9 Å². The normalized spacial score (nSPS) is 19.5. The van der Waals surface area contributed by atoms with Gasteiger partial charge in [0.15, 0.2) is 0 Å². The summed E-state index contributed by atoms with van der Waals surface area (Å²) in [7, 11) is 0. The third-order valence-corrected chi connectivity index (χ3v) is 5.97. The summed E-state index contributed by atoms with van der Waals surface area (Å²) in [6, 6.07) is 9.17. The molecule has 0 radical (unpaired) electrons. The van der Waals surface area contributed by atoms with E-state index in [4.69, 9.17) is 0 Å². The van der Waals surface area contributed by atoms with E-state index >= 15 is 0 Å². The van der Waals surface area contributed by atoms with Gasteiger partial charge in [-0.05, 0) is 55.5 Å². The summed E-state index contributed by atoms with van der Waals surface area (Å²) in [5.74, 6) is 0.195. The van der Waals surface area contributed by atoms with Crippen LogP contribution in [-0.2, 0) is 17.8 Å². The highest BCUT2D eigenvalue weighted by atomic mass is 16.2. The van der Waals surface area contributed by atoms with Crippen molar-refractivity contribution < 1.29 is 4.79 Å². The SMILES string of the molecule is Cc1ccc(CNC2CC(C)N(C(=O)Cc3c[nH]c4cnccc34)C2)cc1C. The van der Waals surface area contributed by atoms with Crippen LogP contribution in [0.15, 0.2) is 42.9 Å². The number of hydrogen-bond donors (Lipinski definition) is 2. The first-order chi connectivity index (χ1) is 13.5. The number of H-pyrrole nitrogens is 1. The molecular formula is C23H28N4O. The lowest BCUT2D eigenvalue weighted by Crippen LogP contribution is -2.37.